The van der Waals surface area contributed by atoms with Crippen molar-refractivity contribution in [2.24, 2.45) is 11.3 Å². The fourth-order valence-corrected chi connectivity index (χ4v) is 3.68. The van der Waals surface area contributed by atoms with Crippen molar-refractivity contribution in [1.29, 1.82) is 0 Å². The summed E-state index contributed by atoms with van der Waals surface area (Å²) in [6.45, 7) is 11.5. The minimum Gasteiger partial charge on any atom is -0.357 e. The monoisotopic (exact) mass is 274 g/mol. The highest BCUT2D eigenvalue weighted by Crippen LogP contribution is 2.42. The first-order chi connectivity index (χ1) is 9.42. The van der Waals surface area contributed by atoms with Gasteiger partial charge in [-0.25, -0.2) is 0 Å². The summed E-state index contributed by atoms with van der Waals surface area (Å²) in [6, 6.07) is 2.63. The normalized spacial score (nSPS) is 32.0. The quantitative estimate of drug-likeness (QED) is 0.819. The molecule has 3 saturated heterocycles. The first-order valence-corrected chi connectivity index (χ1v) is 7.81. The van der Waals surface area contributed by atoms with Gasteiger partial charge in [-0.15, -0.1) is 0 Å². The largest absolute Gasteiger partial charge is 0.357 e. The SMILES string of the molecule is Cc1cc(/C=C2/C3CCN(CC3)[C@H]2CC(C)(C)C)on1. The second-order valence-corrected chi connectivity index (χ2v) is 7.61. The number of aryl methyl sites for hydroxylation is 1. The van der Waals surface area contributed by atoms with Crippen molar-refractivity contribution in [3.8, 4) is 0 Å². The molecular formula is C17H26N2O. The number of nitrogens with zero attached hydrogens (tertiary/aromatic N) is 2. The lowest BCUT2D eigenvalue weighted by molar-refractivity contribution is 0.0793. The molecule has 0 amide bonds. The van der Waals surface area contributed by atoms with Gasteiger partial charge < -0.3 is 4.52 Å². The van der Waals surface area contributed by atoms with Crippen LogP contribution in [0.2, 0.25) is 0 Å². The third-order valence-electron chi connectivity index (χ3n) is 4.59. The van der Waals surface area contributed by atoms with Crippen LogP contribution in [-0.4, -0.2) is 29.2 Å². The van der Waals surface area contributed by atoms with E-state index in [0.29, 0.717) is 11.5 Å². The highest BCUT2D eigenvalue weighted by atomic mass is 16.5. The predicted molar refractivity (Wildman–Crippen MR) is 81.4 cm³/mol. The Hall–Kier alpha value is -1.09. The topological polar surface area (TPSA) is 29.3 Å². The molecule has 4 rings (SSSR count). The number of rotatable bonds is 2. The van der Waals surface area contributed by atoms with Crippen LogP contribution < -0.4 is 0 Å². The summed E-state index contributed by atoms with van der Waals surface area (Å²) in [7, 11) is 0. The second-order valence-electron chi connectivity index (χ2n) is 7.61. The third-order valence-corrected chi connectivity index (χ3v) is 4.59. The molecule has 0 aliphatic carbocycles. The van der Waals surface area contributed by atoms with Crippen molar-refractivity contribution < 1.29 is 4.52 Å². The predicted octanol–water partition coefficient (Wildman–Crippen LogP) is 3.90. The van der Waals surface area contributed by atoms with Gasteiger partial charge in [0.05, 0.1) is 5.69 Å². The molecule has 20 heavy (non-hydrogen) atoms. The van der Waals surface area contributed by atoms with Crippen molar-refractivity contribution in [1.82, 2.24) is 10.1 Å². The Kier molecular flexibility index (Phi) is 3.49. The standard InChI is InChI=1S/C17H26N2O/c1-12-9-14(20-18-12)10-15-13-5-7-19(8-6-13)16(15)11-17(2,3)4/h9-10,13,16H,5-8,11H2,1-4H3/b15-10-/t16-/m0/s1. The zero-order chi connectivity index (χ0) is 14.3. The summed E-state index contributed by atoms with van der Waals surface area (Å²) in [5, 5.41) is 4.01. The van der Waals surface area contributed by atoms with E-state index >= 15 is 0 Å². The van der Waals surface area contributed by atoms with Gasteiger partial charge >= 0.3 is 0 Å². The molecule has 3 fully saturated rings. The maximum Gasteiger partial charge on any atom is 0.159 e. The van der Waals surface area contributed by atoms with Crippen LogP contribution in [0.15, 0.2) is 16.2 Å². The molecule has 3 aliphatic rings. The van der Waals surface area contributed by atoms with Crippen molar-refractivity contribution in [2.75, 3.05) is 13.1 Å². The Bertz CT molecular complexity index is 501. The number of aromatic nitrogens is 1. The fraction of sp³-hybridized carbons (Fsp3) is 0.706. The fourth-order valence-electron chi connectivity index (χ4n) is 3.68. The Morgan fingerprint density at radius 3 is 2.60 bits per heavy atom. The Morgan fingerprint density at radius 1 is 1.35 bits per heavy atom. The van der Waals surface area contributed by atoms with Gasteiger partial charge in [0.1, 0.15) is 0 Å². The van der Waals surface area contributed by atoms with E-state index in [1.165, 1.54) is 32.4 Å². The molecule has 0 aromatic carbocycles. The van der Waals surface area contributed by atoms with Crippen molar-refractivity contribution in [3.63, 3.8) is 0 Å². The van der Waals surface area contributed by atoms with E-state index < -0.39 is 0 Å². The van der Waals surface area contributed by atoms with Crippen LogP contribution in [0.4, 0.5) is 0 Å². The van der Waals surface area contributed by atoms with Gasteiger partial charge in [0.25, 0.3) is 0 Å². The molecule has 110 valence electrons. The Balaban J connectivity index is 1.90. The van der Waals surface area contributed by atoms with E-state index in [1.54, 1.807) is 5.57 Å². The molecule has 0 saturated carbocycles. The molecule has 1 atom stereocenters. The minimum atomic E-state index is 0.360. The Morgan fingerprint density at radius 2 is 2.05 bits per heavy atom. The highest BCUT2D eigenvalue weighted by molar-refractivity contribution is 5.51. The number of hydrogen-bond donors (Lipinski definition) is 0. The molecule has 3 heteroatoms. The van der Waals surface area contributed by atoms with Crippen LogP contribution in [0.3, 0.4) is 0 Å². The van der Waals surface area contributed by atoms with Gasteiger partial charge in [-0.05, 0) is 62.3 Å². The Labute approximate surface area is 122 Å². The third kappa shape index (κ3) is 2.83. The maximum absolute atomic E-state index is 5.41. The summed E-state index contributed by atoms with van der Waals surface area (Å²) in [4.78, 5) is 2.67. The summed E-state index contributed by atoms with van der Waals surface area (Å²) >= 11 is 0. The van der Waals surface area contributed by atoms with Gasteiger partial charge in [0.15, 0.2) is 5.76 Å². The molecule has 0 spiro atoms. The number of hydrogen-bond acceptors (Lipinski definition) is 3. The first-order valence-electron chi connectivity index (χ1n) is 7.81. The summed E-state index contributed by atoms with van der Waals surface area (Å²) in [6.07, 6.45) is 6.11. The van der Waals surface area contributed by atoms with Crippen LogP contribution >= 0.6 is 0 Å². The summed E-state index contributed by atoms with van der Waals surface area (Å²) in [5.41, 5.74) is 2.90. The van der Waals surface area contributed by atoms with Crippen LogP contribution in [0.5, 0.6) is 0 Å². The van der Waals surface area contributed by atoms with E-state index in [1.807, 2.05) is 13.0 Å². The second kappa shape index (κ2) is 5.03. The van der Waals surface area contributed by atoms with E-state index in [0.717, 1.165) is 17.4 Å². The van der Waals surface area contributed by atoms with Gasteiger partial charge in [0, 0.05) is 12.1 Å². The van der Waals surface area contributed by atoms with Gasteiger partial charge in [-0.2, -0.15) is 0 Å². The lowest BCUT2D eigenvalue weighted by atomic mass is 9.73. The number of piperidine rings is 3. The van der Waals surface area contributed by atoms with Crippen LogP contribution in [0.25, 0.3) is 6.08 Å². The van der Waals surface area contributed by atoms with E-state index in [-0.39, 0.29) is 0 Å². The lowest BCUT2D eigenvalue weighted by Crippen LogP contribution is -2.51. The molecular weight excluding hydrogens is 248 g/mol. The van der Waals surface area contributed by atoms with Crippen molar-refractivity contribution in [3.05, 3.63) is 23.1 Å². The zero-order valence-electron chi connectivity index (χ0n) is 13.1. The highest BCUT2D eigenvalue weighted by Gasteiger charge is 2.39. The molecule has 2 bridgehead atoms. The van der Waals surface area contributed by atoms with Gasteiger partial charge in [-0.3, -0.25) is 4.90 Å². The summed E-state index contributed by atoms with van der Waals surface area (Å²) < 4.78 is 5.41. The smallest absolute Gasteiger partial charge is 0.159 e. The number of fused-ring (bicyclic) bond motifs is 3. The molecule has 4 heterocycles. The molecule has 1 aromatic rings. The van der Waals surface area contributed by atoms with Crippen LogP contribution in [0.1, 0.15) is 51.5 Å². The molecule has 1 aromatic heterocycles. The minimum absolute atomic E-state index is 0.360. The first kappa shape index (κ1) is 13.9. The lowest BCUT2D eigenvalue weighted by Gasteiger charge is -2.49. The average Bonchev–Trinajstić information content (AvgIpc) is 2.77. The maximum atomic E-state index is 5.41. The van der Waals surface area contributed by atoms with Crippen molar-refractivity contribution in [2.45, 2.75) is 53.0 Å². The molecule has 0 radical (unpaired) electrons. The molecule has 3 aliphatic heterocycles. The van der Waals surface area contributed by atoms with E-state index in [2.05, 4.69) is 36.9 Å². The molecule has 3 nitrogen and oxygen atoms in total. The van der Waals surface area contributed by atoms with Gasteiger partial charge in [0.2, 0.25) is 0 Å². The summed E-state index contributed by atoms with van der Waals surface area (Å²) in [5.74, 6) is 1.67. The van der Waals surface area contributed by atoms with E-state index in [9.17, 15) is 0 Å². The van der Waals surface area contributed by atoms with Gasteiger partial charge in [-0.1, -0.05) is 25.9 Å². The average molecular weight is 274 g/mol. The van der Waals surface area contributed by atoms with E-state index in [4.69, 9.17) is 4.52 Å². The van der Waals surface area contributed by atoms with Crippen LogP contribution in [-0.2, 0) is 0 Å². The molecule has 0 N–H and O–H groups in total. The van der Waals surface area contributed by atoms with Crippen molar-refractivity contribution >= 4 is 6.08 Å². The zero-order valence-corrected chi connectivity index (χ0v) is 13.1. The molecule has 0 unspecified atom stereocenters. The van der Waals surface area contributed by atoms with Crippen LogP contribution in [0, 0.1) is 18.3 Å².